The standard InChI is InChI=1S/C23H22N2O4/c1-14(2)13-25-22(27)18-8-7-16(12-19(18)23(25)28)21(26)24-10-9-17-11-15-5-3-4-6-20(15)29-17/h3-8,11-12,14H,9-10,13H2,1-2H3,(H,24,26). The number of carbonyl (C=O) groups is 3. The fourth-order valence-electron chi connectivity index (χ4n) is 3.52. The first-order chi connectivity index (χ1) is 13.9. The zero-order valence-corrected chi connectivity index (χ0v) is 16.4. The first-order valence-corrected chi connectivity index (χ1v) is 9.70. The van der Waals surface area contributed by atoms with E-state index in [-0.39, 0.29) is 23.6 Å². The molecule has 0 unspecified atom stereocenters. The van der Waals surface area contributed by atoms with Crippen molar-refractivity contribution in [1.29, 1.82) is 0 Å². The molecule has 3 aromatic rings. The summed E-state index contributed by atoms with van der Waals surface area (Å²) in [6.07, 6.45) is 0.560. The molecule has 0 saturated carbocycles. The van der Waals surface area contributed by atoms with Crippen molar-refractivity contribution in [2.24, 2.45) is 5.92 Å². The Hall–Kier alpha value is -3.41. The molecule has 4 rings (SSSR count). The lowest BCUT2D eigenvalue weighted by Crippen LogP contribution is -2.33. The second-order valence-corrected chi connectivity index (χ2v) is 7.63. The van der Waals surface area contributed by atoms with Crippen molar-refractivity contribution in [3.05, 3.63) is 71.0 Å². The van der Waals surface area contributed by atoms with Gasteiger partial charge in [0.2, 0.25) is 0 Å². The van der Waals surface area contributed by atoms with Crippen LogP contribution < -0.4 is 5.32 Å². The minimum Gasteiger partial charge on any atom is -0.461 e. The Labute approximate surface area is 168 Å². The molecule has 2 aromatic carbocycles. The Morgan fingerprint density at radius 3 is 2.55 bits per heavy atom. The lowest BCUT2D eigenvalue weighted by Gasteiger charge is -2.15. The fraction of sp³-hybridized carbons (Fsp3) is 0.261. The van der Waals surface area contributed by atoms with Gasteiger partial charge in [-0.1, -0.05) is 32.0 Å². The topological polar surface area (TPSA) is 79.6 Å². The van der Waals surface area contributed by atoms with Crippen molar-refractivity contribution >= 4 is 28.7 Å². The smallest absolute Gasteiger partial charge is 0.261 e. The summed E-state index contributed by atoms with van der Waals surface area (Å²) in [6, 6.07) is 14.4. The van der Waals surface area contributed by atoms with E-state index in [0.717, 1.165) is 16.7 Å². The summed E-state index contributed by atoms with van der Waals surface area (Å²) in [5.74, 6) is 0.0569. The van der Waals surface area contributed by atoms with Gasteiger partial charge in [0.25, 0.3) is 17.7 Å². The van der Waals surface area contributed by atoms with Crippen LogP contribution in [-0.2, 0) is 6.42 Å². The van der Waals surface area contributed by atoms with Crippen LogP contribution in [0.25, 0.3) is 11.0 Å². The highest BCUT2D eigenvalue weighted by atomic mass is 16.3. The Morgan fingerprint density at radius 2 is 1.79 bits per heavy atom. The van der Waals surface area contributed by atoms with E-state index < -0.39 is 0 Å². The quantitative estimate of drug-likeness (QED) is 0.652. The Morgan fingerprint density at radius 1 is 1.03 bits per heavy atom. The number of nitrogens with zero attached hydrogens (tertiary/aromatic N) is 1. The number of rotatable bonds is 6. The number of hydrogen-bond donors (Lipinski definition) is 1. The molecule has 0 radical (unpaired) electrons. The van der Waals surface area contributed by atoms with E-state index in [1.807, 2.05) is 44.2 Å². The minimum atomic E-state index is -0.337. The van der Waals surface area contributed by atoms with Gasteiger partial charge in [0.1, 0.15) is 11.3 Å². The molecule has 0 spiro atoms. The number of imide groups is 1. The number of nitrogens with one attached hydrogen (secondary N) is 1. The second kappa shape index (κ2) is 7.54. The van der Waals surface area contributed by atoms with Gasteiger partial charge in [-0.25, -0.2) is 0 Å². The van der Waals surface area contributed by atoms with Gasteiger partial charge in [-0.05, 0) is 36.2 Å². The highest BCUT2D eigenvalue weighted by Gasteiger charge is 2.36. The summed E-state index contributed by atoms with van der Waals surface area (Å²) < 4.78 is 5.75. The molecule has 0 bridgehead atoms. The third-order valence-corrected chi connectivity index (χ3v) is 4.91. The zero-order chi connectivity index (χ0) is 20.5. The Bertz CT molecular complexity index is 1080. The molecule has 1 aliphatic heterocycles. The molecule has 1 N–H and O–H groups in total. The number of amides is 3. The molecule has 148 valence electrons. The van der Waals surface area contributed by atoms with Gasteiger partial charge in [-0.3, -0.25) is 19.3 Å². The Balaban J connectivity index is 1.42. The third kappa shape index (κ3) is 3.66. The van der Waals surface area contributed by atoms with Crippen molar-refractivity contribution in [2.75, 3.05) is 13.1 Å². The van der Waals surface area contributed by atoms with Crippen LogP contribution in [0.4, 0.5) is 0 Å². The molecule has 1 aromatic heterocycles. The second-order valence-electron chi connectivity index (χ2n) is 7.63. The van der Waals surface area contributed by atoms with Gasteiger partial charge in [0.15, 0.2) is 0 Å². The minimum absolute atomic E-state index is 0.179. The maximum Gasteiger partial charge on any atom is 0.261 e. The van der Waals surface area contributed by atoms with Crippen molar-refractivity contribution in [3.8, 4) is 0 Å². The molecule has 29 heavy (non-hydrogen) atoms. The van der Waals surface area contributed by atoms with E-state index in [9.17, 15) is 14.4 Å². The van der Waals surface area contributed by atoms with Crippen molar-refractivity contribution in [3.63, 3.8) is 0 Å². The molecular formula is C23H22N2O4. The molecule has 6 nitrogen and oxygen atoms in total. The summed E-state index contributed by atoms with van der Waals surface area (Å²) in [5, 5.41) is 3.87. The van der Waals surface area contributed by atoms with Gasteiger partial charge in [0, 0.05) is 30.5 Å². The third-order valence-electron chi connectivity index (χ3n) is 4.91. The summed E-state index contributed by atoms with van der Waals surface area (Å²) in [7, 11) is 0. The van der Waals surface area contributed by atoms with Crippen LogP contribution in [0, 0.1) is 5.92 Å². The van der Waals surface area contributed by atoms with E-state index >= 15 is 0 Å². The molecule has 0 atom stereocenters. The number of hydrogen-bond acceptors (Lipinski definition) is 4. The molecular weight excluding hydrogens is 368 g/mol. The number of fused-ring (bicyclic) bond motifs is 2. The first kappa shape index (κ1) is 18.9. The average molecular weight is 390 g/mol. The van der Waals surface area contributed by atoms with Crippen LogP contribution in [0.1, 0.15) is 50.7 Å². The van der Waals surface area contributed by atoms with Gasteiger partial charge in [0.05, 0.1) is 11.1 Å². The van der Waals surface area contributed by atoms with Crippen LogP contribution in [0.5, 0.6) is 0 Å². The van der Waals surface area contributed by atoms with E-state index in [1.165, 1.54) is 11.0 Å². The monoisotopic (exact) mass is 390 g/mol. The molecule has 2 heterocycles. The normalized spacial score (nSPS) is 13.4. The van der Waals surface area contributed by atoms with Gasteiger partial charge in [-0.2, -0.15) is 0 Å². The van der Waals surface area contributed by atoms with E-state index in [2.05, 4.69) is 5.32 Å². The lowest BCUT2D eigenvalue weighted by atomic mass is 10.1. The summed E-state index contributed by atoms with van der Waals surface area (Å²) in [4.78, 5) is 38.7. The highest BCUT2D eigenvalue weighted by molar-refractivity contribution is 6.22. The van der Waals surface area contributed by atoms with Crippen LogP contribution in [0.3, 0.4) is 0 Å². The maximum atomic E-state index is 12.6. The van der Waals surface area contributed by atoms with Crippen molar-refractivity contribution in [2.45, 2.75) is 20.3 Å². The highest BCUT2D eigenvalue weighted by Crippen LogP contribution is 2.25. The van der Waals surface area contributed by atoms with Crippen LogP contribution in [0.15, 0.2) is 52.9 Å². The predicted octanol–water partition coefficient (Wildman–Crippen LogP) is 3.66. The largest absolute Gasteiger partial charge is 0.461 e. The number of furan rings is 1. The van der Waals surface area contributed by atoms with Gasteiger partial charge >= 0.3 is 0 Å². The molecule has 1 aliphatic rings. The maximum absolute atomic E-state index is 12.6. The number of benzene rings is 2. The SMILES string of the molecule is CC(C)CN1C(=O)c2ccc(C(=O)NCCc3cc4ccccc4o3)cc2C1=O. The summed E-state index contributed by atoms with van der Waals surface area (Å²) in [5.41, 5.74) is 1.83. The fourth-order valence-corrected chi connectivity index (χ4v) is 3.52. The van der Waals surface area contributed by atoms with Gasteiger partial charge in [-0.15, -0.1) is 0 Å². The van der Waals surface area contributed by atoms with Crippen LogP contribution in [0.2, 0.25) is 0 Å². The van der Waals surface area contributed by atoms with Crippen molar-refractivity contribution < 1.29 is 18.8 Å². The molecule has 0 aliphatic carbocycles. The van der Waals surface area contributed by atoms with E-state index in [0.29, 0.717) is 36.2 Å². The van der Waals surface area contributed by atoms with E-state index in [1.54, 1.807) is 12.1 Å². The lowest BCUT2D eigenvalue weighted by molar-refractivity contribution is 0.0636. The van der Waals surface area contributed by atoms with Gasteiger partial charge < -0.3 is 9.73 Å². The van der Waals surface area contributed by atoms with Crippen LogP contribution >= 0.6 is 0 Å². The first-order valence-electron chi connectivity index (χ1n) is 9.70. The Kier molecular flexibility index (Phi) is 4.92. The number of carbonyl (C=O) groups excluding carboxylic acids is 3. The molecule has 6 heteroatoms. The number of para-hydroxylation sites is 1. The summed E-state index contributed by atoms with van der Waals surface area (Å²) >= 11 is 0. The van der Waals surface area contributed by atoms with E-state index in [4.69, 9.17) is 4.42 Å². The zero-order valence-electron chi connectivity index (χ0n) is 16.4. The predicted molar refractivity (Wildman–Crippen MR) is 109 cm³/mol. The van der Waals surface area contributed by atoms with Crippen LogP contribution in [-0.4, -0.2) is 35.7 Å². The van der Waals surface area contributed by atoms with Crippen molar-refractivity contribution in [1.82, 2.24) is 10.2 Å². The summed E-state index contributed by atoms with van der Waals surface area (Å²) in [6.45, 7) is 4.67. The molecule has 0 fully saturated rings. The molecule has 0 saturated heterocycles. The molecule has 3 amide bonds. The average Bonchev–Trinajstić information content (AvgIpc) is 3.22.